The van der Waals surface area contributed by atoms with Crippen molar-refractivity contribution in [1.29, 1.82) is 0 Å². The molecule has 0 atom stereocenters. The van der Waals surface area contributed by atoms with Crippen LogP contribution in [0.2, 0.25) is 0 Å². The van der Waals surface area contributed by atoms with Gasteiger partial charge >= 0.3 is 5.97 Å². The molecule has 0 aliphatic heterocycles. The van der Waals surface area contributed by atoms with Crippen LogP contribution >= 0.6 is 27.3 Å². The van der Waals surface area contributed by atoms with E-state index in [1.807, 2.05) is 12.1 Å². The molecule has 1 aromatic rings. The van der Waals surface area contributed by atoms with E-state index in [0.717, 1.165) is 29.5 Å². The van der Waals surface area contributed by atoms with Crippen molar-refractivity contribution in [2.45, 2.75) is 31.7 Å². The maximum atomic E-state index is 12.0. The average molecular weight is 346 g/mol. The van der Waals surface area contributed by atoms with E-state index in [9.17, 15) is 9.59 Å². The monoisotopic (exact) mass is 345 g/mol. The van der Waals surface area contributed by atoms with Crippen molar-refractivity contribution in [2.75, 3.05) is 7.11 Å². The molecule has 6 heteroatoms. The lowest BCUT2D eigenvalue weighted by Crippen LogP contribution is -2.38. The van der Waals surface area contributed by atoms with Crippen LogP contribution in [0.15, 0.2) is 15.9 Å². The highest BCUT2D eigenvalue weighted by Gasteiger charge is 2.27. The molecule has 1 saturated carbocycles. The zero-order valence-electron chi connectivity index (χ0n) is 10.6. The van der Waals surface area contributed by atoms with Gasteiger partial charge < -0.3 is 10.1 Å². The van der Waals surface area contributed by atoms with Crippen LogP contribution in [0, 0.1) is 5.92 Å². The van der Waals surface area contributed by atoms with Crippen LogP contribution in [-0.2, 0) is 9.53 Å². The number of carbonyl (C=O) groups excluding carboxylic acids is 2. The van der Waals surface area contributed by atoms with E-state index in [2.05, 4.69) is 21.2 Å². The Morgan fingerprint density at radius 1 is 1.32 bits per heavy atom. The van der Waals surface area contributed by atoms with Crippen molar-refractivity contribution >= 4 is 39.1 Å². The summed E-state index contributed by atoms with van der Waals surface area (Å²) in [5.41, 5.74) is 0. The zero-order chi connectivity index (χ0) is 13.8. The Morgan fingerprint density at radius 2 is 2.00 bits per heavy atom. The SMILES string of the molecule is COC(=O)C1CCC(NC(=O)c2ccc(Br)s2)CC1. The van der Waals surface area contributed by atoms with Gasteiger partial charge in [0.1, 0.15) is 0 Å². The predicted molar refractivity (Wildman–Crippen MR) is 77.2 cm³/mol. The quantitative estimate of drug-likeness (QED) is 0.856. The second-order valence-electron chi connectivity index (χ2n) is 4.65. The fourth-order valence-corrected chi connectivity index (χ4v) is 3.62. The number of esters is 1. The lowest BCUT2D eigenvalue weighted by Gasteiger charge is -2.27. The van der Waals surface area contributed by atoms with E-state index in [4.69, 9.17) is 4.74 Å². The Balaban J connectivity index is 1.82. The van der Waals surface area contributed by atoms with Gasteiger partial charge in [0, 0.05) is 6.04 Å². The molecule has 1 amide bonds. The van der Waals surface area contributed by atoms with Crippen LogP contribution < -0.4 is 5.32 Å². The number of carbonyl (C=O) groups is 2. The van der Waals surface area contributed by atoms with Crippen LogP contribution in [0.3, 0.4) is 0 Å². The summed E-state index contributed by atoms with van der Waals surface area (Å²) in [4.78, 5) is 24.1. The summed E-state index contributed by atoms with van der Waals surface area (Å²) in [5.74, 6) is -0.168. The van der Waals surface area contributed by atoms with Gasteiger partial charge in [-0.2, -0.15) is 0 Å². The standard InChI is InChI=1S/C13H16BrNO3S/c1-18-13(17)8-2-4-9(5-3-8)15-12(16)10-6-7-11(14)19-10/h6-9H,2-5H2,1H3,(H,15,16). The molecule has 1 aliphatic rings. The van der Waals surface area contributed by atoms with Gasteiger partial charge in [-0.1, -0.05) is 0 Å². The first-order valence-corrected chi connectivity index (χ1v) is 7.85. The average Bonchev–Trinajstić information content (AvgIpc) is 2.85. The van der Waals surface area contributed by atoms with Crippen molar-refractivity contribution in [1.82, 2.24) is 5.32 Å². The van der Waals surface area contributed by atoms with Gasteiger partial charge in [0.05, 0.1) is 21.7 Å². The number of halogens is 1. The smallest absolute Gasteiger partial charge is 0.308 e. The second-order valence-corrected chi connectivity index (χ2v) is 7.11. The summed E-state index contributed by atoms with van der Waals surface area (Å²) in [6, 6.07) is 3.84. The highest BCUT2D eigenvalue weighted by atomic mass is 79.9. The second kappa shape index (κ2) is 6.52. The lowest BCUT2D eigenvalue weighted by molar-refractivity contribution is -0.146. The van der Waals surface area contributed by atoms with Gasteiger partial charge in [-0.15, -0.1) is 11.3 Å². The first-order valence-electron chi connectivity index (χ1n) is 6.24. The maximum absolute atomic E-state index is 12.0. The maximum Gasteiger partial charge on any atom is 0.308 e. The normalized spacial score (nSPS) is 22.8. The number of nitrogens with one attached hydrogen (secondary N) is 1. The highest BCUT2D eigenvalue weighted by Crippen LogP contribution is 2.26. The van der Waals surface area contributed by atoms with Gasteiger partial charge in [0.15, 0.2) is 0 Å². The Morgan fingerprint density at radius 3 is 2.53 bits per heavy atom. The number of rotatable bonds is 3. The van der Waals surface area contributed by atoms with Crippen LogP contribution in [0.25, 0.3) is 0 Å². The van der Waals surface area contributed by atoms with Gasteiger partial charge in [0.25, 0.3) is 5.91 Å². The minimum absolute atomic E-state index is 0.00552. The van der Waals surface area contributed by atoms with Gasteiger partial charge in [-0.05, 0) is 53.7 Å². The van der Waals surface area contributed by atoms with E-state index in [0.29, 0.717) is 4.88 Å². The molecule has 1 aliphatic carbocycles. The largest absolute Gasteiger partial charge is 0.469 e. The van der Waals surface area contributed by atoms with Crippen LogP contribution in [-0.4, -0.2) is 25.0 Å². The molecular formula is C13H16BrNO3S. The molecule has 1 aromatic heterocycles. The number of ether oxygens (including phenoxy) is 1. The Kier molecular flexibility index (Phi) is 4.99. The number of amides is 1. The Hall–Kier alpha value is -0.880. The number of thiophene rings is 1. The Labute approximate surface area is 124 Å². The van der Waals surface area contributed by atoms with Crippen LogP contribution in [0.4, 0.5) is 0 Å². The highest BCUT2D eigenvalue weighted by molar-refractivity contribution is 9.11. The van der Waals surface area contributed by atoms with E-state index in [1.54, 1.807) is 0 Å². The van der Waals surface area contributed by atoms with Crippen molar-refractivity contribution in [3.63, 3.8) is 0 Å². The van der Waals surface area contributed by atoms with Crippen molar-refractivity contribution < 1.29 is 14.3 Å². The molecule has 19 heavy (non-hydrogen) atoms. The summed E-state index contributed by atoms with van der Waals surface area (Å²) < 4.78 is 5.70. The third kappa shape index (κ3) is 3.79. The van der Waals surface area contributed by atoms with Crippen molar-refractivity contribution in [3.05, 3.63) is 20.8 Å². The molecular weight excluding hydrogens is 330 g/mol. The fraction of sp³-hybridized carbons (Fsp3) is 0.538. The third-order valence-electron chi connectivity index (χ3n) is 3.39. The summed E-state index contributed by atoms with van der Waals surface area (Å²) >= 11 is 4.77. The van der Waals surface area contributed by atoms with Gasteiger partial charge in [0.2, 0.25) is 0 Å². The van der Waals surface area contributed by atoms with E-state index < -0.39 is 0 Å². The first-order chi connectivity index (χ1) is 9.10. The van der Waals surface area contributed by atoms with E-state index in [1.165, 1.54) is 18.4 Å². The summed E-state index contributed by atoms with van der Waals surface area (Å²) in [7, 11) is 1.42. The minimum atomic E-state index is -0.132. The van der Waals surface area contributed by atoms with Gasteiger partial charge in [-0.25, -0.2) is 0 Å². The molecule has 0 spiro atoms. The number of hydrogen-bond donors (Lipinski definition) is 1. The molecule has 104 valence electrons. The van der Waals surface area contributed by atoms with Crippen molar-refractivity contribution in [2.24, 2.45) is 5.92 Å². The molecule has 0 radical (unpaired) electrons. The number of hydrogen-bond acceptors (Lipinski definition) is 4. The molecule has 0 saturated heterocycles. The molecule has 2 rings (SSSR count). The van der Waals surface area contributed by atoms with Crippen LogP contribution in [0.1, 0.15) is 35.4 Å². The van der Waals surface area contributed by atoms with Crippen LogP contribution in [0.5, 0.6) is 0 Å². The molecule has 0 bridgehead atoms. The topological polar surface area (TPSA) is 55.4 Å². The molecule has 1 heterocycles. The molecule has 0 aromatic carbocycles. The van der Waals surface area contributed by atoms with Gasteiger partial charge in [-0.3, -0.25) is 9.59 Å². The summed E-state index contributed by atoms with van der Waals surface area (Å²) in [6.07, 6.45) is 3.23. The molecule has 4 nitrogen and oxygen atoms in total. The number of methoxy groups -OCH3 is 1. The zero-order valence-corrected chi connectivity index (χ0v) is 13.1. The molecule has 1 N–H and O–H groups in total. The molecule has 1 fully saturated rings. The van der Waals surface area contributed by atoms with Crippen molar-refractivity contribution in [3.8, 4) is 0 Å². The third-order valence-corrected chi connectivity index (χ3v) is 5.02. The van der Waals surface area contributed by atoms with E-state index >= 15 is 0 Å². The summed E-state index contributed by atoms with van der Waals surface area (Å²) in [5, 5.41) is 3.02. The first kappa shape index (κ1) is 14.5. The van der Waals surface area contributed by atoms with E-state index in [-0.39, 0.29) is 23.8 Å². The predicted octanol–water partition coefficient (Wildman–Crippen LogP) is 2.97. The molecule has 0 unspecified atom stereocenters. The summed E-state index contributed by atoms with van der Waals surface area (Å²) in [6.45, 7) is 0. The fourth-order valence-electron chi connectivity index (χ4n) is 2.33. The Bertz CT molecular complexity index is 466. The minimum Gasteiger partial charge on any atom is -0.469 e. The lowest BCUT2D eigenvalue weighted by atomic mass is 9.86.